The van der Waals surface area contributed by atoms with Crippen LogP contribution in [0, 0.1) is 0 Å². The summed E-state index contributed by atoms with van der Waals surface area (Å²) >= 11 is 0. The molecule has 1 heterocycles. The smallest absolute Gasteiger partial charge is 0.226 e. The van der Waals surface area contributed by atoms with Crippen LogP contribution in [0.5, 0.6) is 0 Å². The number of aromatic nitrogens is 2. The first-order chi connectivity index (χ1) is 5.36. The van der Waals surface area contributed by atoms with E-state index in [9.17, 15) is 0 Å². The lowest BCUT2D eigenvalue weighted by Crippen LogP contribution is -1.83. The molecule has 0 aliphatic rings. The Morgan fingerprint density at radius 2 is 2.55 bits per heavy atom. The highest BCUT2D eigenvalue weighted by molar-refractivity contribution is 4.84. The molecule has 0 unspecified atom stereocenters. The van der Waals surface area contributed by atoms with Gasteiger partial charge in [0.2, 0.25) is 5.89 Å². The van der Waals surface area contributed by atoms with E-state index >= 15 is 0 Å². The summed E-state index contributed by atoms with van der Waals surface area (Å²) in [6.07, 6.45) is 0.698. The van der Waals surface area contributed by atoms with Gasteiger partial charge in [-0.05, 0) is 5.53 Å². The van der Waals surface area contributed by atoms with E-state index in [1.807, 2.05) is 6.92 Å². The summed E-state index contributed by atoms with van der Waals surface area (Å²) in [4.78, 5) is 6.49. The number of hydrogen-bond acceptors (Lipinski definition) is 4. The number of aryl methyl sites for hydroxylation is 1. The maximum absolute atomic E-state index is 7.96. The van der Waals surface area contributed by atoms with Gasteiger partial charge in [-0.15, -0.1) is 0 Å². The van der Waals surface area contributed by atoms with Crippen molar-refractivity contribution in [1.29, 1.82) is 0 Å². The third kappa shape index (κ3) is 1.94. The fourth-order valence-corrected chi connectivity index (χ4v) is 0.593. The fraction of sp³-hybridized carbons (Fsp3) is 0.600. The molecule has 0 saturated heterocycles. The molecule has 6 nitrogen and oxygen atoms in total. The van der Waals surface area contributed by atoms with Gasteiger partial charge in [0.05, 0.1) is 6.54 Å². The van der Waals surface area contributed by atoms with E-state index in [2.05, 4.69) is 20.2 Å². The Balaban J connectivity index is 2.64. The van der Waals surface area contributed by atoms with Crippen LogP contribution >= 0.6 is 0 Å². The van der Waals surface area contributed by atoms with Gasteiger partial charge in [-0.1, -0.05) is 17.2 Å². The van der Waals surface area contributed by atoms with E-state index in [1.54, 1.807) is 0 Å². The van der Waals surface area contributed by atoms with E-state index in [-0.39, 0.29) is 6.54 Å². The highest BCUT2D eigenvalue weighted by atomic mass is 16.5. The van der Waals surface area contributed by atoms with Gasteiger partial charge in [-0.2, -0.15) is 4.98 Å². The molecule has 11 heavy (non-hydrogen) atoms. The molecule has 0 N–H and O–H groups in total. The van der Waals surface area contributed by atoms with Gasteiger partial charge < -0.3 is 4.52 Å². The summed E-state index contributed by atoms with van der Waals surface area (Å²) in [5, 5.41) is 6.86. The van der Waals surface area contributed by atoms with Crippen LogP contribution in [0.3, 0.4) is 0 Å². The van der Waals surface area contributed by atoms with Crippen molar-refractivity contribution in [3.8, 4) is 0 Å². The Hall–Kier alpha value is -1.55. The molecule has 0 amide bonds. The fourth-order valence-electron chi connectivity index (χ4n) is 0.593. The number of hydrogen-bond donors (Lipinski definition) is 0. The van der Waals surface area contributed by atoms with Crippen LogP contribution in [0.25, 0.3) is 10.4 Å². The topological polar surface area (TPSA) is 87.7 Å². The largest absolute Gasteiger partial charge is 0.339 e. The SMILES string of the molecule is CCc1nc(CN=[N+]=[N-])no1. The zero-order valence-corrected chi connectivity index (χ0v) is 6.06. The molecule has 1 aromatic heterocycles. The van der Waals surface area contributed by atoms with E-state index in [1.165, 1.54) is 0 Å². The van der Waals surface area contributed by atoms with Crippen molar-refractivity contribution in [3.63, 3.8) is 0 Å². The molecule has 0 aliphatic heterocycles. The van der Waals surface area contributed by atoms with Crippen molar-refractivity contribution in [3.05, 3.63) is 22.2 Å². The molecule has 0 radical (unpaired) electrons. The predicted octanol–water partition coefficient (Wildman–Crippen LogP) is 1.44. The summed E-state index contributed by atoms with van der Waals surface area (Å²) in [6, 6.07) is 0. The minimum absolute atomic E-state index is 0.153. The minimum Gasteiger partial charge on any atom is -0.339 e. The Morgan fingerprint density at radius 3 is 3.09 bits per heavy atom. The second-order valence-corrected chi connectivity index (χ2v) is 1.85. The molecular formula is C5H7N5O. The highest BCUT2D eigenvalue weighted by Gasteiger charge is 2.00. The maximum Gasteiger partial charge on any atom is 0.226 e. The zero-order chi connectivity index (χ0) is 8.10. The maximum atomic E-state index is 7.96. The van der Waals surface area contributed by atoms with Gasteiger partial charge in [0, 0.05) is 11.3 Å². The highest BCUT2D eigenvalue weighted by Crippen LogP contribution is 1.98. The molecular weight excluding hydrogens is 146 g/mol. The van der Waals surface area contributed by atoms with Crippen molar-refractivity contribution in [2.75, 3.05) is 0 Å². The second kappa shape index (κ2) is 3.58. The van der Waals surface area contributed by atoms with E-state index in [0.29, 0.717) is 18.1 Å². The first-order valence-electron chi connectivity index (χ1n) is 3.19. The monoisotopic (exact) mass is 153 g/mol. The van der Waals surface area contributed by atoms with Crippen molar-refractivity contribution in [2.24, 2.45) is 5.11 Å². The lowest BCUT2D eigenvalue weighted by atomic mass is 10.5. The van der Waals surface area contributed by atoms with Crippen molar-refractivity contribution >= 4 is 0 Å². The second-order valence-electron chi connectivity index (χ2n) is 1.85. The lowest BCUT2D eigenvalue weighted by Gasteiger charge is -1.78. The third-order valence-electron chi connectivity index (χ3n) is 1.09. The number of azide groups is 1. The third-order valence-corrected chi connectivity index (χ3v) is 1.09. The Morgan fingerprint density at radius 1 is 1.73 bits per heavy atom. The van der Waals surface area contributed by atoms with Gasteiger partial charge in [0.25, 0.3) is 0 Å². The molecule has 6 heteroatoms. The molecule has 0 aromatic carbocycles. The average molecular weight is 153 g/mol. The first kappa shape index (κ1) is 7.56. The molecule has 0 fully saturated rings. The molecule has 0 atom stereocenters. The summed E-state index contributed by atoms with van der Waals surface area (Å²) in [6.45, 7) is 2.06. The first-order valence-corrected chi connectivity index (χ1v) is 3.19. The Labute approximate surface area is 62.8 Å². The molecule has 58 valence electrons. The van der Waals surface area contributed by atoms with Crippen molar-refractivity contribution < 1.29 is 4.52 Å². The Kier molecular flexibility index (Phi) is 2.46. The van der Waals surface area contributed by atoms with Gasteiger partial charge in [-0.3, -0.25) is 0 Å². The van der Waals surface area contributed by atoms with Gasteiger partial charge in [0.1, 0.15) is 0 Å². The van der Waals surface area contributed by atoms with Crippen LogP contribution < -0.4 is 0 Å². The van der Waals surface area contributed by atoms with Crippen LogP contribution in [0.4, 0.5) is 0 Å². The van der Waals surface area contributed by atoms with Gasteiger partial charge in [0.15, 0.2) is 5.82 Å². The summed E-state index contributed by atoms with van der Waals surface area (Å²) in [5.41, 5.74) is 7.96. The number of nitrogens with zero attached hydrogens (tertiary/aromatic N) is 5. The minimum atomic E-state index is 0.153. The summed E-state index contributed by atoms with van der Waals surface area (Å²) in [5.74, 6) is 0.993. The quantitative estimate of drug-likeness (QED) is 0.374. The van der Waals surface area contributed by atoms with Crippen LogP contribution in [0.2, 0.25) is 0 Å². The molecule has 0 bridgehead atoms. The normalized spacial score (nSPS) is 9.18. The molecule has 0 spiro atoms. The predicted molar refractivity (Wildman–Crippen MR) is 36.5 cm³/mol. The summed E-state index contributed by atoms with van der Waals surface area (Å²) in [7, 11) is 0. The molecule has 0 saturated carbocycles. The van der Waals surface area contributed by atoms with Gasteiger partial charge in [-0.25, -0.2) is 0 Å². The Bertz CT molecular complexity index is 274. The zero-order valence-electron chi connectivity index (χ0n) is 6.06. The molecule has 1 aromatic rings. The van der Waals surface area contributed by atoms with E-state index in [0.717, 1.165) is 0 Å². The lowest BCUT2D eigenvalue weighted by molar-refractivity contribution is 0.377. The van der Waals surface area contributed by atoms with Crippen molar-refractivity contribution in [2.45, 2.75) is 19.9 Å². The van der Waals surface area contributed by atoms with Crippen LogP contribution in [0.1, 0.15) is 18.6 Å². The van der Waals surface area contributed by atoms with Crippen LogP contribution in [-0.4, -0.2) is 10.1 Å². The van der Waals surface area contributed by atoms with Gasteiger partial charge >= 0.3 is 0 Å². The van der Waals surface area contributed by atoms with E-state index < -0.39 is 0 Å². The van der Waals surface area contributed by atoms with E-state index in [4.69, 9.17) is 10.1 Å². The molecule has 0 aliphatic carbocycles. The standard InChI is InChI=1S/C5H7N5O/c1-2-5-8-4(9-11-5)3-7-10-6/h2-3H2,1H3. The van der Waals surface area contributed by atoms with Crippen molar-refractivity contribution in [1.82, 2.24) is 10.1 Å². The molecule has 1 rings (SSSR count). The number of rotatable bonds is 3. The van der Waals surface area contributed by atoms with Crippen LogP contribution in [0.15, 0.2) is 9.64 Å². The summed E-state index contributed by atoms with van der Waals surface area (Å²) < 4.78 is 4.77. The van der Waals surface area contributed by atoms with Crippen LogP contribution in [-0.2, 0) is 13.0 Å². The average Bonchev–Trinajstić information content (AvgIpc) is 2.48.